The Labute approximate surface area is 175 Å². The molecular weight excluding hydrogens is 388 g/mol. The van der Waals surface area contributed by atoms with Crippen LogP contribution in [-0.4, -0.2) is 70.8 Å². The van der Waals surface area contributed by atoms with Crippen molar-refractivity contribution in [3.05, 3.63) is 39.7 Å². The van der Waals surface area contributed by atoms with Crippen LogP contribution in [0.1, 0.15) is 39.9 Å². The first-order chi connectivity index (χ1) is 14.0. The number of piperazine rings is 1. The van der Waals surface area contributed by atoms with Gasteiger partial charge in [0.25, 0.3) is 5.91 Å². The molecule has 0 aliphatic carbocycles. The number of oxazole rings is 1. The van der Waals surface area contributed by atoms with Crippen molar-refractivity contribution in [2.75, 3.05) is 39.3 Å². The maximum absolute atomic E-state index is 13.1. The number of carbonyl (C=O) groups is 2. The maximum atomic E-state index is 13.1. The van der Waals surface area contributed by atoms with Gasteiger partial charge in [0, 0.05) is 39.3 Å². The Morgan fingerprint density at radius 2 is 1.97 bits per heavy atom. The van der Waals surface area contributed by atoms with Crippen LogP contribution in [0.15, 0.2) is 21.9 Å². The second kappa shape index (κ2) is 8.67. The molecule has 0 radical (unpaired) electrons. The summed E-state index contributed by atoms with van der Waals surface area (Å²) in [5, 5.41) is 1.92. The molecular formula is C21H28N4O3S. The quantitative estimate of drug-likeness (QED) is 0.766. The molecule has 0 bridgehead atoms. The zero-order valence-corrected chi connectivity index (χ0v) is 17.9. The van der Waals surface area contributed by atoms with E-state index in [1.165, 1.54) is 11.3 Å². The third-order valence-electron chi connectivity index (χ3n) is 5.91. The molecule has 29 heavy (non-hydrogen) atoms. The SMILES string of the molecule is Cc1nc(CN2CCN(C(=O)C3CCCN(C(=O)c4cccs4)C3)CC2)oc1C. The van der Waals surface area contributed by atoms with Crippen molar-refractivity contribution in [3.8, 4) is 0 Å². The Hall–Kier alpha value is -2.19. The predicted molar refractivity (Wildman–Crippen MR) is 111 cm³/mol. The summed E-state index contributed by atoms with van der Waals surface area (Å²) >= 11 is 1.46. The van der Waals surface area contributed by atoms with Crippen LogP contribution in [0.3, 0.4) is 0 Å². The molecule has 0 spiro atoms. The smallest absolute Gasteiger partial charge is 0.263 e. The monoisotopic (exact) mass is 416 g/mol. The number of nitrogens with zero attached hydrogens (tertiary/aromatic N) is 4. The van der Waals surface area contributed by atoms with Gasteiger partial charge in [0.05, 0.1) is 23.0 Å². The minimum absolute atomic E-state index is 0.0545. The number of hydrogen-bond acceptors (Lipinski definition) is 6. The third kappa shape index (κ3) is 4.53. The van der Waals surface area contributed by atoms with Gasteiger partial charge in [-0.2, -0.15) is 0 Å². The van der Waals surface area contributed by atoms with Crippen molar-refractivity contribution in [1.29, 1.82) is 0 Å². The number of aryl methyl sites for hydroxylation is 2. The van der Waals surface area contributed by atoms with Crippen molar-refractivity contribution in [1.82, 2.24) is 19.7 Å². The van der Waals surface area contributed by atoms with Crippen LogP contribution in [0.4, 0.5) is 0 Å². The summed E-state index contributed by atoms with van der Waals surface area (Å²) in [4.78, 5) is 37.0. The highest BCUT2D eigenvalue weighted by atomic mass is 32.1. The number of piperidine rings is 1. The summed E-state index contributed by atoms with van der Waals surface area (Å²) in [5.41, 5.74) is 0.938. The second-order valence-corrected chi connectivity index (χ2v) is 8.87. The first-order valence-corrected chi connectivity index (χ1v) is 11.2. The van der Waals surface area contributed by atoms with E-state index in [-0.39, 0.29) is 17.7 Å². The lowest BCUT2D eigenvalue weighted by Gasteiger charge is -2.38. The maximum Gasteiger partial charge on any atom is 0.263 e. The summed E-state index contributed by atoms with van der Waals surface area (Å²) in [6.45, 7) is 8.90. The fraction of sp³-hybridized carbons (Fsp3) is 0.571. The van der Waals surface area contributed by atoms with E-state index in [9.17, 15) is 9.59 Å². The minimum Gasteiger partial charge on any atom is -0.444 e. The van der Waals surface area contributed by atoms with E-state index < -0.39 is 0 Å². The van der Waals surface area contributed by atoms with Crippen LogP contribution in [0.5, 0.6) is 0 Å². The first-order valence-electron chi connectivity index (χ1n) is 10.3. The fourth-order valence-corrected chi connectivity index (χ4v) is 4.79. The van der Waals surface area contributed by atoms with Gasteiger partial charge in [-0.3, -0.25) is 14.5 Å². The molecule has 2 aromatic heterocycles. The number of hydrogen-bond donors (Lipinski definition) is 0. The average Bonchev–Trinajstić information content (AvgIpc) is 3.38. The van der Waals surface area contributed by atoms with Crippen LogP contribution < -0.4 is 0 Å². The second-order valence-electron chi connectivity index (χ2n) is 7.92. The van der Waals surface area contributed by atoms with Gasteiger partial charge in [0.2, 0.25) is 11.8 Å². The molecule has 2 amide bonds. The van der Waals surface area contributed by atoms with Crippen molar-refractivity contribution in [3.63, 3.8) is 0 Å². The van der Waals surface area contributed by atoms with Crippen LogP contribution in [0, 0.1) is 19.8 Å². The van der Waals surface area contributed by atoms with E-state index in [4.69, 9.17) is 4.42 Å². The lowest BCUT2D eigenvalue weighted by Crippen LogP contribution is -2.52. The third-order valence-corrected chi connectivity index (χ3v) is 6.76. The Morgan fingerprint density at radius 3 is 2.62 bits per heavy atom. The Balaban J connectivity index is 1.29. The molecule has 156 valence electrons. The molecule has 0 saturated carbocycles. The predicted octanol–water partition coefficient (Wildman–Crippen LogP) is 2.55. The largest absolute Gasteiger partial charge is 0.444 e. The zero-order valence-electron chi connectivity index (χ0n) is 17.1. The van der Waals surface area contributed by atoms with E-state index in [1.807, 2.05) is 41.2 Å². The molecule has 2 aromatic rings. The highest BCUT2D eigenvalue weighted by Gasteiger charge is 2.33. The van der Waals surface area contributed by atoms with E-state index in [0.717, 1.165) is 54.7 Å². The lowest BCUT2D eigenvalue weighted by atomic mass is 9.96. The molecule has 0 aromatic carbocycles. The molecule has 8 heteroatoms. The summed E-state index contributed by atoms with van der Waals surface area (Å²) in [6, 6.07) is 3.75. The molecule has 4 rings (SSSR count). The van der Waals surface area contributed by atoms with E-state index in [1.54, 1.807) is 0 Å². The van der Waals surface area contributed by atoms with Crippen molar-refractivity contribution in [2.45, 2.75) is 33.2 Å². The molecule has 2 saturated heterocycles. The van der Waals surface area contributed by atoms with Crippen LogP contribution in [0.25, 0.3) is 0 Å². The first kappa shape index (κ1) is 20.1. The summed E-state index contributed by atoms with van der Waals surface area (Å²) < 4.78 is 5.68. The Morgan fingerprint density at radius 1 is 1.17 bits per heavy atom. The van der Waals surface area contributed by atoms with E-state index >= 15 is 0 Å². The van der Waals surface area contributed by atoms with Gasteiger partial charge < -0.3 is 14.2 Å². The van der Waals surface area contributed by atoms with Crippen LogP contribution in [-0.2, 0) is 11.3 Å². The van der Waals surface area contributed by atoms with Crippen molar-refractivity contribution < 1.29 is 14.0 Å². The van der Waals surface area contributed by atoms with Gasteiger partial charge in [-0.25, -0.2) is 4.98 Å². The van der Waals surface area contributed by atoms with Gasteiger partial charge in [-0.15, -0.1) is 11.3 Å². The zero-order chi connectivity index (χ0) is 20.4. The van der Waals surface area contributed by atoms with Gasteiger partial charge in [0.15, 0.2) is 0 Å². The van der Waals surface area contributed by atoms with Crippen LogP contribution >= 0.6 is 11.3 Å². The molecule has 7 nitrogen and oxygen atoms in total. The summed E-state index contributed by atoms with van der Waals surface area (Å²) in [5.74, 6) is 1.77. The molecule has 2 fully saturated rings. The average molecular weight is 417 g/mol. The molecule has 2 aliphatic heterocycles. The van der Waals surface area contributed by atoms with Gasteiger partial charge >= 0.3 is 0 Å². The molecule has 0 N–H and O–H groups in total. The standard InChI is InChI=1S/C21H28N4O3S/c1-15-16(2)28-19(22-15)14-23-8-10-24(11-9-23)20(26)17-5-3-7-25(13-17)21(27)18-6-4-12-29-18/h4,6,12,17H,3,5,7-11,13-14H2,1-2H3. The summed E-state index contributed by atoms with van der Waals surface area (Å²) in [6.07, 6.45) is 1.75. The number of aromatic nitrogens is 1. The number of thiophene rings is 1. The van der Waals surface area contributed by atoms with E-state index in [2.05, 4.69) is 9.88 Å². The Bertz CT molecular complexity index is 836. The molecule has 2 aliphatic rings. The summed E-state index contributed by atoms with van der Waals surface area (Å²) in [7, 11) is 0. The minimum atomic E-state index is -0.0868. The van der Waals surface area contributed by atoms with Crippen molar-refractivity contribution >= 4 is 23.2 Å². The molecule has 1 unspecified atom stereocenters. The van der Waals surface area contributed by atoms with Gasteiger partial charge in [-0.1, -0.05) is 6.07 Å². The number of amides is 2. The lowest BCUT2D eigenvalue weighted by molar-refractivity contribution is -0.138. The van der Waals surface area contributed by atoms with Gasteiger partial charge in [0.1, 0.15) is 5.76 Å². The molecule has 4 heterocycles. The van der Waals surface area contributed by atoms with Crippen LogP contribution in [0.2, 0.25) is 0 Å². The van der Waals surface area contributed by atoms with Crippen molar-refractivity contribution in [2.24, 2.45) is 5.92 Å². The normalized spacial score (nSPS) is 20.8. The number of rotatable bonds is 4. The van der Waals surface area contributed by atoms with Gasteiger partial charge in [-0.05, 0) is 38.1 Å². The highest BCUT2D eigenvalue weighted by molar-refractivity contribution is 7.12. The molecule has 1 atom stereocenters. The fourth-order valence-electron chi connectivity index (χ4n) is 4.10. The van der Waals surface area contributed by atoms with E-state index in [0.29, 0.717) is 26.2 Å². The topological polar surface area (TPSA) is 69.9 Å². The number of carbonyl (C=O) groups excluding carboxylic acids is 2. The number of likely N-dealkylation sites (tertiary alicyclic amines) is 1. The highest BCUT2D eigenvalue weighted by Crippen LogP contribution is 2.23. The Kier molecular flexibility index (Phi) is 6.01.